The van der Waals surface area contributed by atoms with Crippen LogP contribution in [0.15, 0.2) is 53.1 Å². The highest BCUT2D eigenvalue weighted by atomic mass is 19.1. The number of amides is 1. The van der Waals surface area contributed by atoms with Gasteiger partial charge >= 0.3 is 0 Å². The van der Waals surface area contributed by atoms with Gasteiger partial charge in [-0.15, -0.1) is 0 Å². The Morgan fingerprint density at radius 2 is 2.00 bits per heavy atom. The number of aromatic nitrogens is 3. The van der Waals surface area contributed by atoms with E-state index < -0.39 is 6.04 Å². The number of benzene rings is 1. The molecule has 9 heteroatoms. The predicted octanol–water partition coefficient (Wildman–Crippen LogP) is 4.59. The minimum Gasteiger partial charge on any atom is -0.384 e. The first kappa shape index (κ1) is 28.0. The Morgan fingerprint density at radius 3 is 2.74 bits per heavy atom. The molecule has 0 radical (unpaired) electrons. The fraction of sp³-hybridized carbons (Fsp3) is 0.400. The molecule has 4 N–H and O–H groups in total. The zero-order valence-electron chi connectivity index (χ0n) is 22.7. The maximum absolute atomic E-state index is 13.3. The maximum Gasteiger partial charge on any atom is 0.277 e. The van der Waals surface area contributed by atoms with Crippen molar-refractivity contribution in [3.05, 3.63) is 87.0 Å². The van der Waals surface area contributed by atoms with Crippen LogP contribution in [0.4, 0.5) is 15.9 Å². The molecule has 8 nitrogen and oxygen atoms in total. The van der Waals surface area contributed by atoms with Gasteiger partial charge in [0.05, 0.1) is 6.20 Å². The van der Waals surface area contributed by atoms with Crippen LogP contribution < -0.4 is 21.9 Å². The Morgan fingerprint density at radius 1 is 1.21 bits per heavy atom. The number of hydrogen-bond donors (Lipinski definition) is 3. The molecule has 3 heterocycles. The lowest BCUT2D eigenvalue weighted by molar-refractivity contribution is -0.124. The quantitative estimate of drug-likeness (QED) is 0.294. The smallest absolute Gasteiger partial charge is 0.277 e. The van der Waals surface area contributed by atoms with Gasteiger partial charge in [-0.3, -0.25) is 14.2 Å². The average Bonchev–Trinajstić information content (AvgIpc) is 3.36. The summed E-state index contributed by atoms with van der Waals surface area (Å²) < 4.78 is 14.6. The van der Waals surface area contributed by atoms with Crippen molar-refractivity contribution in [2.24, 2.45) is 0 Å². The van der Waals surface area contributed by atoms with Crippen LogP contribution in [0.2, 0.25) is 0 Å². The number of carbonyl (C=O) groups excluding carboxylic acids is 1. The maximum atomic E-state index is 13.3. The number of hydrogen-bond acceptors (Lipinski definition) is 6. The number of rotatable bonds is 12. The summed E-state index contributed by atoms with van der Waals surface area (Å²) in [5.41, 5.74) is 10.1. The predicted molar refractivity (Wildman–Crippen MR) is 153 cm³/mol. The number of pyridine rings is 1. The molecule has 0 saturated carbocycles. The lowest BCUT2D eigenvalue weighted by atomic mass is 10.0. The molecule has 0 aliphatic carbocycles. The molecule has 1 amide bonds. The lowest BCUT2D eigenvalue weighted by Crippen LogP contribution is -2.37. The van der Waals surface area contributed by atoms with Crippen molar-refractivity contribution in [2.45, 2.75) is 64.8 Å². The van der Waals surface area contributed by atoms with E-state index in [-0.39, 0.29) is 17.3 Å². The van der Waals surface area contributed by atoms with E-state index in [1.807, 2.05) is 13.0 Å². The molecule has 0 fully saturated rings. The van der Waals surface area contributed by atoms with Crippen molar-refractivity contribution in [3.8, 4) is 0 Å². The molecule has 3 aromatic rings. The van der Waals surface area contributed by atoms with Gasteiger partial charge in [0.2, 0.25) is 5.91 Å². The van der Waals surface area contributed by atoms with E-state index in [1.54, 1.807) is 24.5 Å². The molecular formula is C30H37FN6O2. The first-order chi connectivity index (χ1) is 18.9. The summed E-state index contributed by atoms with van der Waals surface area (Å²) in [6, 6.07) is 7.67. The van der Waals surface area contributed by atoms with Gasteiger partial charge in [-0.25, -0.2) is 14.4 Å². The topological polar surface area (TPSA) is 115 Å². The van der Waals surface area contributed by atoms with Gasteiger partial charge in [-0.05, 0) is 73.9 Å². The molecule has 1 unspecified atom stereocenters. The second-order valence-corrected chi connectivity index (χ2v) is 10.1. The fourth-order valence-electron chi connectivity index (χ4n) is 4.83. The normalized spacial score (nSPS) is 14.7. The van der Waals surface area contributed by atoms with Crippen LogP contribution in [-0.2, 0) is 17.6 Å². The third-order valence-corrected chi connectivity index (χ3v) is 7.07. The Labute approximate surface area is 228 Å². The third-order valence-electron chi connectivity index (χ3n) is 7.07. The molecule has 1 atom stereocenters. The van der Waals surface area contributed by atoms with Crippen LogP contribution in [0.5, 0.6) is 0 Å². The van der Waals surface area contributed by atoms with Crippen molar-refractivity contribution in [1.29, 1.82) is 0 Å². The van der Waals surface area contributed by atoms with Gasteiger partial charge in [0, 0.05) is 25.7 Å². The van der Waals surface area contributed by atoms with Crippen LogP contribution in [0, 0.1) is 12.7 Å². The van der Waals surface area contributed by atoms with Crippen LogP contribution in [0.3, 0.4) is 0 Å². The highest BCUT2D eigenvalue weighted by molar-refractivity contribution is 5.81. The molecule has 0 spiro atoms. The van der Waals surface area contributed by atoms with E-state index in [0.29, 0.717) is 43.3 Å². The van der Waals surface area contributed by atoms with Crippen LogP contribution in [0.25, 0.3) is 6.08 Å². The van der Waals surface area contributed by atoms with Crippen molar-refractivity contribution in [2.75, 3.05) is 24.1 Å². The molecule has 0 saturated heterocycles. The number of nitrogen functional groups attached to an aromatic ring is 1. The number of fused-ring (bicyclic) bond motifs is 1. The minimum absolute atomic E-state index is 0.180. The van der Waals surface area contributed by atoms with E-state index in [2.05, 4.69) is 33.6 Å². The largest absolute Gasteiger partial charge is 0.384 e. The van der Waals surface area contributed by atoms with Gasteiger partial charge in [0.25, 0.3) is 5.56 Å². The second-order valence-electron chi connectivity index (χ2n) is 10.1. The number of halogens is 1. The van der Waals surface area contributed by atoms with Crippen molar-refractivity contribution >= 4 is 23.5 Å². The third kappa shape index (κ3) is 7.31. The molecule has 2 aromatic heterocycles. The van der Waals surface area contributed by atoms with E-state index in [1.165, 1.54) is 16.7 Å². The van der Waals surface area contributed by atoms with Gasteiger partial charge in [0.15, 0.2) is 0 Å². The SMILES string of the molecule is CCCC/C(=C\c1cnc(N)cc1C)CNC(=O)C1CCc2ncc(NCCCc3ccc(F)cc3)c(=O)n21. The van der Waals surface area contributed by atoms with Crippen molar-refractivity contribution in [3.63, 3.8) is 0 Å². The Kier molecular flexibility index (Phi) is 9.46. The van der Waals surface area contributed by atoms with Crippen LogP contribution in [0.1, 0.15) is 67.6 Å². The minimum atomic E-state index is -0.590. The van der Waals surface area contributed by atoms with Crippen molar-refractivity contribution < 1.29 is 9.18 Å². The monoisotopic (exact) mass is 532 g/mol. The highest BCUT2D eigenvalue weighted by Gasteiger charge is 2.31. The van der Waals surface area contributed by atoms with E-state index in [9.17, 15) is 14.0 Å². The highest BCUT2D eigenvalue weighted by Crippen LogP contribution is 2.24. The van der Waals surface area contributed by atoms with Crippen LogP contribution in [-0.4, -0.2) is 33.5 Å². The molecule has 1 aliphatic rings. The molecule has 39 heavy (non-hydrogen) atoms. The van der Waals surface area contributed by atoms with E-state index >= 15 is 0 Å². The van der Waals surface area contributed by atoms with E-state index in [0.717, 1.165) is 54.4 Å². The summed E-state index contributed by atoms with van der Waals surface area (Å²) in [6.45, 7) is 5.09. The van der Waals surface area contributed by atoms with Gasteiger partial charge in [-0.1, -0.05) is 37.1 Å². The number of anilines is 2. The summed E-state index contributed by atoms with van der Waals surface area (Å²) in [7, 11) is 0. The number of carbonyl (C=O) groups is 1. The molecule has 1 aromatic carbocycles. The standard InChI is InChI=1S/C30H37FN6O2/c1-3-4-6-22(16-23-18-34-27(32)15-20(23)2)17-36-29(38)26-12-13-28-35-19-25(30(39)37(26)28)33-14-5-7-21-8-10-24(31)11-9-21/h8-11,15-16,18-19,26,33H,3-7,12-14,17H2,1-2H3,(H2,32,34)(H,36,38)/b22-16+. The lowest BCUT2D eigenvalue weighted by Gasteiger charge is -2.17. The van der Waals surface area contributed by atoms with Gasteiger partial charge in [0.1, 0.15) is 29.2 Å². The summed E-state index contributed by atoms with van der Waals surface area (Å²) in [4.78, 5) is 35.2. The molecule has 1 aliphatic heterocycles. The molecule has 4 rings (SSSR count). The number of unbranched alkanes of at least 4 members (excludes halogenated alkanes) is 1. The summed E-state index contributed by atoms with van der Waals surface area (Å²) in [5.74, 6) is 0.673. The number of nitrogens with zero attached hydrogens (tertiary/aromatic N) is 3. The van der Waals surface area contributed by atoms with Gasteiger partial charge in [-0.2, -0.15) is 0 Å². The first-order valence-electron chi connectivity index (χ1n) is 13.6. The molecular weight excluding hydrogens is 495 g/mol. The van der Waals surface area contributed by atoms with Gasteiger partial charge < -0.3 is 16.4 Å². The summed E-state index contributed by atoms with van der Waals surface area (Å²) >= 11 is 0. The Bertz CT molecular complexity index is 1380. The summed E-state index contributed by atoms with van der Waals surface area (Å²) in [6.07, 6.45) is 10.9. The number of nitrogens with two attached hydrogens (primary N) is 1. The average molecular weight is 533 g/mol. The molecule has 0 bridgehead atoms. The van der Waals surface area contributed by atoms with Crippen molar-refractivity contribution in [1.82, 2.24) is 19.9 Å². The Balaban J connectivity index is 1.39. The Hall–Kier alpha value is -4.01. The van der Waals surface area contributed by atoms with E-state index in [4.69, 9.17) is 5.73 Å². The summed E-state index contributed by atoms with van der Waals surface area (Å²) in [5, 5.41) is 6.23. The van der Waals surface area contributed by atoms with Crippen LogP contribution >= 0.6 is 0 Å². The zero-order chi connectivity index (χ0) is 27.8. The second kappa shape index (κ2) is 13.2. The molecule has 206 valence electrons. The zero-order valence-corrected chi connectivity index (χ0v) is 22.7. The number of nitrogens with one attached hydrogen (secondary N) is 2. The number of aryl methyl sites for hydroxylation is 3. The fourth-order valence-corrected chi connectivity index (χ4v) is 4.83. The first-order valence-corrected chi connectivity index (χ1v) is 13.6.